The summed E-state index contributed by atoms with van der Waals surface area (Å²) in [4.78, 5) is 64.5. The fourth-order valence-electron chi connectivity index (χ4n) is 8.51. The van der Waals surface area contributed by atoms with Crippen molar-refractivity contribution in [1.29, 1.82) is 0 Å². The number of halogens is 1. The third-order valence-electron chi connectivity index (χ3n) is 10.8. The molecule has 46 heavy (non-hydrogen) atoms. The van der Waals surface area contributed by atoms with E-state index in [9.17, 15) is 29.4 Å². The Morgan fingerprint density at radius 2 is 1.78 bits per heavy atom. The zero-order valence-corrected chi connectivity index (χ0v) is 25.2. The molecule has 1 amide bonds. The lowest BCUT2D eigenvalue weighted by Crippen LogP contribution is -2.51. The number of aromatic carboxylic acids is 1. The Kier molecular flexibility index (Phi) is 6.86. The van der Waals surface area contributed by atoms with Gasteiger partial charge in [-0.15, -0.1) is 0 Å². The molecular formula is C32H36FN3O10. The normalized spacial score (nSPS) is 33.8. The van der Waals surface area contributed by atoms with Gasteiger partial charge in [0.1, 0.15) is 17.5 Å². The molecule has 0 radical (unpaired) electrons. The Balaban J connectivity index is 0.916. The van der Waals surface area contributed by atoms with Crippen molar-refractivity contribution in [1.82, 2.24) is 9.47 Å². The third-order valence-corrected chi connectivity index (χ3v) is 10.8. The van der Waals surface area contributed by atoms with Gasteiger partial charge in [0.2, 0.25) is 17.0 Å². The van der Waals surface area contributed by atoms with Crippen molar-refractivity contribution in [2.45, 2.75) is 81.5 Å². The van der Waals surface area contributed by atoms with E-state index in [1.165, 1.54) is 6.20 Å². The molecule has 2 aromatic rings. The highest BCUT2D eigenvalue weighted by Gasteiger charge is 2.67. The van der Waals surface area contributed by atoms with Gasteiger partial charge in [0.05, 0.1) is 17.1 Å². The average molecular weight is 642 g/mol. The van der Waals surface area contributed by atoms with E-state index in [4.69, 9.17) is 19.2 Å². The number of carbonyl (C=O) groups is 3. The molecule has 1 aromatic heterocycles. The molecule has 6 fully saturated rings. The molecule has 2 N–H and O–H groups in total. The zero-order chi connectivity index (χ0) is 32.0. The second-order valence-electron chi connectivity index (χ2n) is 13.8. The van der Waals surface area contributed by atoms with Crippen LogP contribution >= 0.6 is 0 Å². The van der Waals surface area contributed by atoms with Crippen molar-refractivity contribution in [3.05, 3.63) is 39.9 Å². The molecule has 4 aliphatic carbocycles. The highest BCUT2D eigenvalue weighted by atomic mass is 19.1. The van der Waals surface area contributed by atoms with Crippen molar-refractivity contribution < 1.29 is 48.2 Å². The molecule has 246 valence electrons. The summed E-state index contributed by atoms with van der Waals surface area (Å²) in [6.45, 7) is 1.26. The second kappa shape index (κ2) is 10.6. The Morgan fingerprint density at radius 3 is 2.48 bits per heavy atom. The first-order valence-electron chi connectivity index (χ1n) is 16.2. The predicted molar refractivity (Wildman–Crippen MR) is 157 cm³/mol. The molecule has 2 spiro atoms. The van der Waals surface area contributed by atoms with Gasteiger partial charge in [-0.05, 0) is 56.6 Å². The molecule has 6 aliphatic rings. The molecule has 4 saturated carbocycles. The number of hydrogen-bond acceptors (Lipinski definition) is 9. The number of ether oxygens (including phenoxy) is 2. The summed E-state index contributed by atoms with van der Waals surface area (Å²) in [5.41, 5.74) is -0.301. The van der Waals surface area contributed by atoms with Crippen LogP contribution in [-0.2, 0) is 24.0 Å². The topological polar surface area (TPSA) is 157 Å². The number of benzene rings is 1. The van der Waals surface area contributed by atoms with Crippen LogP contribution in [0.1, 0.15) is 74.2 Å². The van der Waals surface area contributed by atoms with Gasteiger partial charge >= 0.3 is 18.0 Å². The quantitative estimate of drug-likeness (QED) is 0.457. The minimum Gasteiger partial charge on any atom is -0.481 e. The Morgan fingerprint density at radius 1 is 1.00 bits per heavy atom. The molecule has 8 rings (SSSR count). The van der Waals surface area contributed by atoms with Crippen molar-refractivity contribution in [3.8, 4) is 0 Å². The maximum absolute atomic E-state index is 15.4. The van der Waals surface area contributed by atoms with Gasteiger partial charge in [-0.1, -0.05) is 0 Å². The summed E-state index contributed by atoms with van der Waals surface area (Å²) in [5, 5.41) is 19.2. The van der Waals surface area contributed by atoms with Crippen LogP contribution in [0.15, 0.2) is 23.1 Å². The van der Waals surface area contributed by atoms with Crippen LogP contribution in [0.4, 0.5) is 14.9 Å². The predicted octanol–water partition coefficient (Wildman–Crippen LogP) is 3.88. The number of hydrogen-bond donors (Lipinski definition) is 2. The van der Waals surface area contributed by atoms with E-state index in [0.29, 0.717) is 69.5 Å². The third kappa shape index (κ3) is 4.83. The molecule has 13 nitrogen and oxygen atoms in total. The van der Waals surface area contributed by atoms with Gasteiger partial charge in [-0.3, -0.25) is 9.59 Å². The first-order valence-corrected chi connectivity index (χ1v) is 16.2. The SMILES string of the molecule is O=C(O)c1cn(C2CC2)c2cc(N3CCN(C(=O)O[C@@H]4CCC[C@]5(C4)OOC4(CC6CC(C(=O)O)C4C6)O5)CC3)c(F)cc2c1=O. The Hall–Kier alpha value is -3.75. The molecule has 14 heteroatoms. The maximum atomic E-state index is 15.4. The van der Waals surface area contributed by atoms with Crippen molar-refractivity contribution in [3.63, 3.8) is 0 Å². The number of piperazine rings is 1. The van der Waals surface area contributed by atoms with E-state index in [1.54, 1.807) is 15.5 Å². The monoisotopic (exact) mass is 641 g/mol. The number of fused-ring (bicyclic) bond motifs is 4. The van der Waals surface area contributed by atoms with Crippen LogP contribution < -0.4 is 10.3 Å². The first-order chi connectivity index (χ1) is 22.0. The van der Waals surface area contributed by atoms with Gasteiger partial charge in [0, 0.05) is 69.0 Å². The van der Waals surface area contributed by atoms with Gasteiger partial charge in [-0.25, -0.2) is 14.0 Å². The number of pyridine rings is 1. The number of carboxylic acids is 2. The summed E-state index contributed by atoms with van der Waals surface area (Å²) in [6, 6.07) is 2.80. The maximum Gasteiger partial charge on any atom is 0.410 e. The van der Waals surface area contributed by atoms with Gasteiger partial charge in [-0.2, -0.15) is 9.78 Å². The number of anilines is 1. The standard InChI is InChI=1S/C32H36FN3O10/c33-24-12-21-25(36(18-3-4-18)16-22(27(21)37)29(40)41)13-26(24)34-6-8-35(9-7-34)30(42)43-19-2-1-5-31(15-19)44-32(46-45-31)14-17-10-20(28(38)39)23(32)11-17/h12-13,16-20,23H,1-11,14-15H2,(H,38,39)(H,40,41)/t17?,19-,20?,23?,31-,32?/m1/s1. The smallest absolute Gasteiger partial charge is 0.410 e. The summed E-state index contributed by atoms with van der Waals surface area (Å²) < 4.78 is 29.5. The van der Waals surface area contributed by atoms with E-state index in [0.717, 1.165) is 25.3 Å². The number of aliphatic carboxylic acids is 1. The van der Waals surface area contributed by atoms with Crippen LogP contribution in [0.25, 0.3) is 10.9 Å². The molecule has 2 aliphatic heterocycles. The van der Waals surface area contributed by atoms with Gasteiger partial charge in [0.25, 0.3) is 0 Å². The second-order valence-corrected chi connectivity index (χ2v) is 13.8. The highest BCUT2D eigenvalue weighted by molar-refractivity contribution is 5.93. The number of amides is 1. The summed E-state index contributed by atoms with van der Waals surface area (Å²) in [6.07, 6.45) is 6.21. The van der Waals surface area contributed by atoms with E-state index in [1.807, 2.05) is 4.90 Å². The molecule has 4 unspecified atom stereocenters. The highest BCUT2D eigenvalue weighted by Crippen LogP contribution is 2.61. The van der Waals surface area contributed by atoms with Crippen LogP contribution in [0, 0.1) is 23.6 Å². The molecule has 2 bridgehead atoms. The Bertz CT molecular complexity index is 1690. The van der Waals surface area contributed by atoms with E-state index in [-0.39, 0.29) is 35.2 Å². The van der Waals surface area contributed by atoms with Crippen molar-refractivity contribution >= 4 is 34.6 Å². The van der Waals surface area contributed by atoms with E-state index in [2.05, 4.69) is 0 Å². The molecule has 2 saturated heterocycles. The van der Waals surface area contributed by atoms with Crippen LogP contribution in [0.2, 0.25) is 0 Å². The number of nitrogens with zero attached hydrogens (tertiary/aromatic N) is 3. The summed E-state index contributed by atoms with van der Waals surface area (Å²) in [7, 11) is 0. The fraction of sp³-hybridized carbons (Fsp3) is 0.625. The lowest BCUT2D eigenvalue weighted by Gasteiger charge is -2.39. The van der Waals surface area contributed by atoms with Gasteiger partial charge in [0.15, 0.2) is 0 Å². The van der Waals surface area contributed by atoms with Gasteiger partial charge < -0.3 is 34.1 Å². The lowest BCUT2D eigenvalue weighted by molar-refractivity contribution is -0.365. The Labute approximate surface area is 262 Å². The molecular weight excluding hydrogens is 605 g/mol. The van der Waals surface area contributed by atoms with Crippen LogP contribution in [-0.4, -0.2) is 81.6 Å². The van der Waals surface area contributed by atoms with Crippen LogP contribution in [0.5, 0.6) is 0 Å². The molecule has 3 heterocycles. The van der Waals surface area contributed by atoms with Crippen molar-refractivity contribution in [2.75, 3.05) is 31.1 Å². The average Bonchev–Trinajstić information content (AvgIpc) is 3.58. The number of carbonyl (C=O) groups excluding carboxylic acids is 1. The minimum atomic E-state index is -1.34. The largest absolute Gasteiger partial charge is 0.481 e. The summed E-state index contributed by atoms with van der Waals surface area (Å²) >= 11 is 0. The fourth-order valence-corrected chi connectivity index (χ4v) is 8.51. The number of aromatic nitrogens is 1. The lowest BCUT2D eigenvalue weighted by atomic mass is 9.83. The first kappa shape index (κ1) is 29.6. The van der Waals surface area contributed by atoms with E-state index >= 15 is 4.39 Å². The number of rotatable bonds is 5. The van der Waals surface area contributed by atoms with Crippen LogP contribution in [0.3, 0.4) is 0 Å². The van der Waals surface area contributed by atoms with Crippen molar-refractivity contribution in [2.24, 2.45) is 17.8 Å². The zero-order valence-electron chi connectivity index (χ0n) is 25.2. The molecule has 1 aromatic carbocycles. The summed E-state index contributed by atoms with van der Waals surface area (Å²) in [5.74, 6) is -5.54. The number of carboxylic acid groups (broad SMARTS) is 2. The minimum absolute atomic E-state index is 0.0363. The molecule has 6 atom stereocenters. The van der Waals surface area contributed by atoms with E-state index < -0.39 is 52.9 Å².